The van der Waals surface area contributed by atoms with E-state index in [9.17, 15) is 22.8 Å². The van der Waals surface area contributed by atoms with Crippen LogP contribution in [0.4, 0.5) is 13.2 Å². The van der Waals surface area contributed by atoms with Crippen molar-refractivity contribution in [1.82, 2.24) is 9.88 Å². The van der Waals surface area contributed by atoms with Gasteiger partial charge in [-0.05, 0) is 17.5 Å². The summed E-state index contributed by atoms with van der Waals surface area (Å²) in [6.07, 6.45) is -3.35. The first kappa shape index (κ1) is 17.1. The third-order valence-corrected chi connectivity index (χ3v) is 2.80. The molecule has 0 aliphatic heterocycles. The summed E-state index contributed by atoms with van der Waals surface area (Å²) < 4.78 is 37.9. The minimum Gasteiger partial charge on any atom is -0.480 e. The van der Waals surface area contributed by atoms with Gasteiger partial charge >= 0.3 is 12.1 Å². The molecule has 0 saturated heterocycles. The second-order valence-electron chi connectivity index (χ2n) is 5.75. The van der Waals surface area contributed by atoms with E-state index >= 15 is 0 Å². The van der Waals surface area contributed by atoms with Crippen LogP contribution in [0.25, 0.3) is 0 Å². The Morgan fingerprint density at radius 3 is 2.33 bits per heavy atom. The van der Waals surface area contributed by atoms with Gasteiger partial charge in [-0.2, -0.15) is 13.2 Å². The van der Waals surface area contributed by atoms with Crippen LogP contribution in [0.2, 0.25) is 0 Å². The zero-order chi connectivity index (χ0) is 16.4. The standard InChI is InChI=1S/C13H17F3N2O3/c1-12(2,3)9(11(20)21)17-10(19)8-5-4-6-18(8)7-13(14,15)16/h4-6,9H,7H2,1-3H3,(H,17,19)(H,20,21)/t9-/m0/s1. The maximum atomic E-state index is 12.4. The molecule has 0 radical (unpaired) electrons. The summed E-state index contributed by atoms with van der Waals surface area (Å²) in [6.45, 7) is 3.53. The lowest BCUT2D eigenvalue weighted by Gasteiger charge is -2.27. The molecule has 1 heterocycles. The van der Waals surface area contributed by atoms with E-state index in [1.165, 1.54) is 12.1 Å². The van der Waals surface area contributed by atoms with Crippen molar-refractivity contribution in [2.75, 3.05) is 0 Å². The average molecular weight is 306 g/mol. The van der Waals surface area contributed by atoms with Gasteiger partial charge in [0, 0.05) is 6.20 Å². The van der Waals surface area contributed by atoms with Gasteiger partial charge in [-0.15, -0.1) is 0 Å². The Hall–Kier alpha value is -1.99. The Labute approximate surface area is 119 Å². The van der Waals surface area contributed by atoms with E-state index < -0.39 is 36.1 Å². The number of carboxylic acid groups (broad SMARTS) is 1. The monoisotopic (exact) mass is 306 g/mol. The molecule has 0 unspecified atom stereocenters. The fourth-order valence-corrected chi connectivity index (χ4v) is 1.80. The summed E-state index contributed by atoms with van der Waals surface area (Å²) in [6, 6.07) is 1.30. The molecule has 0 spiro atoms. The van der Waals surface area contributed by atoms with Crippen molar-refractivity contribution in [1.29, 1.82) is 0 Å². The molecule has 0 aromatic carbocycles. The molecule has 0 saturated carbocycles. The van der Waals surface area contributed by atoms with E-state index in [0.717, 1.165) is 10.8 Å². The number of alkyl halides is 3. The van der Waals surface area contributed by atoms with Crippen molar-refractivity contribution in [2.24, 2.45) is 5.41 Å². The van der Waals surface area contributed by atoms with Crippen LogP contribution in [0.3, 0.4) is 0 Å². The highest BCUT2D eigenvalue weighted by Crippen LogP contribution is 2.21. The predicted molar refractivity (Wildman–Crippen MR) is 68.8 cm³/mol. The lowest BCUT2D eigenvalue weighted by molar-refractivity contribution is -0.142. The molecule has 0 bridgehead atoms. The molecule has 5 nitrogen and oxygen atoms in total. The number of carbonyl (C=O) groups excluding carboxylic acids is 1. The van der Waals surface area contributed by atoms with Crippen LogP contribution >= 0.6 is 0 Å². The number of carboxylic acids is 1. The minimum atomic E-state index is -4.47. The van der Waals surface area contributed by atoms with Gasteiger partial charge in [0.2, 0.25) is 0 Å². The predicted octanol–water partition coefficient (Wildman–Crippen LogP) is 2.28. The van der Waals surface area contributed by atoms with Gasteiger partial charge in [-0.3, -0.25) is 4.79 Å². The van der Waals surface area contributed by atoms with Gasteiger partial charge in [0.15, 0.2) is 0 Å². The van der Waals surface area contributed by atoms with E-state index in [4.69, 9.17) is 5.11 Å². The lowest BCUT2D eigenvalue weighted by Crippen LogP contribution is -2.49. The van der Waals surface area contributed by atoms with Crippen LogP contribution < -0.4 is 5.32 Å². The highest BCUT2D eigenvalue weighted by molar-refractivity contribution is 5.95. The van der Waals surface area contributed by atoms with Crippen LogP contribution in [0, 0.1) is 5.41 Å². The van der Waals surface area contributed by atoms with Crippen LogP contribution in [0.1, 0.15) is 31.3 Å². The van der Waals surface area contributed by atoms with Gasteiger partial charge in [0.05, 0.1) is 0 Å². The number of hydrogen-bond donors (Lipinski definition) is 2. The molecule has 0 aliphatic rings. The first-order valence-electron chi connectivity index (χ1n) is 6.17. The van der Waals surface area contributed by atoms with Crippen molar-refractivity contribution in [2.45, 2.75) is 39.5 Å². The lowest BCUT2D eigenvalue weighted by atomic mass is 9.86. The van der Waals surface area contributed by atoms with Crippen molar-refractivity contribution >= 4 is 11.9 Å². The number of carbonyl (C=O) groups is 2. The molecule has 8 heteroatoms. The molecule has 1 aromatic rings. The molecule has 1 amide bonds. The number of halogens is 3. The molecule has 1 atom stereocenters. The Morgan fingerprint density at radius 1 is 1.33 bits per heavy atom. The van der Waals surface area contributed by atoms with E-state index in [0.29, 0.717) is 0 Å². The van der Waals surface area contributed by atoms with Gasteiger partial charge in [-0.1, -0.05) is 20.8 Å². The number of amides is 1. The molecule has 0 fully saturated rings. The Kier molecular flexibility index (Phi) is 4.70. The van der Waals surface area contributed by atoms with E-state index in [1.54, 1.807) is 20.8 Å². The smallest absolute Gasteiger partial charge is 0.406 e. The number of rotatable bonds is 4. The maximum Gasteiger partial charge on any atom is 0.406 e. The molecule has 0 aliphatic carbocycles. The van der Waals surface area contributed by atoms with E-state index in [2.05, 4.69) is 5.32 Å². The van der Waals surface area contributed by atoms with Crippen molar-refractivity contribution in [3.63, 3.8) is 0 Å². The average Bonchev–Trinajstić information content (AvgIpc) is 2.68. The topological polar surface area (TPSA) is 71.3 Å². The summed E-state index contributed by atoms with van der Waals surface area (Å²) in [5.74, 6) is -2.10. The van der Waals surface area contributed by atoms with Gasteiger partial charge < -0.3 is 15.0 Å². The minimum absolute atomic E-state index is 0.233. The largest absolute Gasteiger partial charge is 0.480 e. The summed E-state index contributed by atoms with van der Waals surface area (Å²) in [4.78, 5) is 23.2. The number of nitrogens with one attached hydrogen (secondary N) is 1. The molecule has 1 aromatic heterocycles. The fourth-order valence-electron chi connectivity index (χ4n) is 1.80. The second kappa shape index (κ2) is 5.79. The third kappa shape index (κ3) is 4.80. The molecule has 118 valence electrons. The SMILES string of the molecule is CC(C)(C)[C@@H](NC(=O)c1cccn1CC(F)(F)F)C(=O)O. The van der Waals surface area contributed by atoms with E-state index in [1.807, 2.05) is 0 Å². The van der Waals surface area contributed by atoms with Gasteiger partial charge in [0.1, 0.15) is 18.3 Å². The Balaban J connectivity index is 2.95. The molecule has 2 N–H and O–H groups in total. The summed E-state index contributed by atoms with van der Waals surface area (Å²) in [5.41, 5.74) is -1.01. The molecular formula is C13H17F3N2O3. The number of nitrogens with zero attached hydrogens (tertiary/aromatic N) is 1. The quantitative estimate of drug-likeness (QED) is 0.896. The first-order valence-corrected chi connectivity index (χ1v) is 6.17. The highest BCUT2D eigenvalue weighted by atomic mass is 19.4. The fraction of sp³-hybridized carbons (Fsp3) is 0.538. The molecule has 21 heavy (non-hydrogen) atoms. The third-order valence-electron chi connectivity index (χ3n) is 2.80. The summed E-state index contributed by atoms with van der Waals surface area (Å²) in [5, 5.41) is 11.4. The van der Waals surface area contributed by atoms with Crippen molar-refractivity contribution < 1.29 is 27.9 Å². The Morgan fingerprint density at radius 2 is 1.90 bits per heavy atom. The zero-order valence-electron chi connectivity index (χ0n) is 11.9. The van der Waals surface area contributed by atoms with Gasteiger partial charge in [-0.25, -0.2) is 4.79 Å². The van der Waals surface area contributed by atoms with Crippen molar-refractivity contribution in [3.8, 4) is 0 Å². The van der Waals surface area contributed by atoms with Crippen LogP contribution in [0.5, 0.6) is 0 Å². The van der Waals surface area contributed by atoms with Crippen LogP contribution in [-0.4, -0.2) is 33.8 Å². The van der Waals surface area contributed by atoms with Gasteiger partial charge in [0.25, 0.3) is 5.91 Å². The maximum absolute atomic E-state index is 12.4. The molecular weight excluding hydrogens is 289 g/mol. The van der Waals surface area contributed by atoms with Crippen LogP contribution in [-0.2, 0) is 11.3 Å². The highest BCUT2D eigenvalue weighted by Gasteiger charge is 2.34. The van der Waals surface area contributed by atoms with E-state index in [-0.39, 0.29) is 5.69 Å². The summed E-state index contributed by atoms with van der Waals surface area (Å²) >= 11 is 0. The molecule has 1 rings (SSSR count). The second-order valence-corrected chi connectivity index (χ2v) is 5.75. The van der Waals surface area contributed by atoms with Crippen LogP contribution in [0.15, 0.2) is 18.3 Å². The number of hydrogen-bond acceptors (Lipinski definition) is 2. The normalized spacial score (nSPS) is 13.8. The number of aromatic nitrogens is 1. The first-order chi connectivity index (χ1) is 9.42. The summed E-state index contributed by atoms with van der Waals surface area (Å²) in [7, 11) is 0. The number of aliphatic carboxylic acids is 1. The Bertz CT molecular complexity index is 529. The van der Waals surface area contributed by atoms with Crippen molar-refractivity contribution in [3.05, 3.63) is 24.0 Å². The zero-order valence-corrected chi connectivity index (χ0v) is 11.9.